The molecular weight excluding hydrogens is 382 g/mol. The van der Waals surface area contributed by atoms with Crippen molar-refractivity contribution < 1.29 is 22.7 Å². The van der Waals surface area contributed by atoms with Gasteiger partial charge in [-0.05, 0) is 12.5 Å². The first-order valence-electron chi connectivity index (χ1n) is 7.29. The zero-order valence-electron chi connectivity index (χ0n) is 13.9. The fourth-order valence-corrected chi connectivity index (χ4v) is 3.29. The number of carbonyl (C=O) groups excluding carboxylic acids is 2. The highest BCUT2D eigenvalue weighted by Gasteiger charge is 2.18. The molecule has 10 nitrogen and oxygen atoms in total. The van der Waals surface area contributed by atoms with Gasteiger partial charge in [0, 0.05) is 7.05 Å². The topological polar surface area (TPSA) is 146 Å². The van der Waals surface area contributed by atoms with E-state index in [4.69, 9.17) is 9.88 Å². The molecule has 0 aliphatic carbocycles. The van der Waals surface area contributed by atoms with Crippen LogP contribution in [0.5, 0.6) is 0 Å². The van der Waals surface area contributed by atoms with Crippen LogP contribution < -0.4 is 15.3 Å². The van der Waals surface area contributed by atoms with Gasteiger partial charge in [0.05, 0.1) is 0 Å². The molecule has 1 aromatic carbocycles. The fraction of sp³-hybridized carbons (Fsp3) is 0.286. The van der Waals surface area contributed by atoms with Crippen LogP contribution in [0.4, 0.5) is 4.79 Å². The van der Waals surface area contributed by atoms with Crippen LogP contribution in [-0.2, 0) is 33.2 Å². The van der Waals surface area contributed by atoms with Crippen molar-refractivity contribution in [3.8, 4) is 0 Å². The molecule has 1 aromatic heterocycles. The third-order valence-electron chi connectivity index (χ3n) is 3.05. The van der Waals surface area contributed by atoms with Gasteiger partial charge in [0.25, 0.3) is 15.9 Å². The highest BCUT2D eigenvalue weighted by molar-refractivity contribution is 7.91. The number of carbonyl (C=O) groups is 2. The molecule has 2 amide bonds. The minimum Gasteiger partial charge on any atom is -0.445 e. The number of aromatic nitrogens is 2. The highest BCUT2D eigenvalue weighted by atomic mass is 32.2. The van der Waals surface area contributed by atoms with Crippen molar-refractivity contribution in [1.82, 2.24) is 15.1 Å². The van der Waals surface area contributed by atoms with E-state index in [9.17, 15) is 18.0 Å². The van der Waals surface area contributed by atoms with Crippen LogP contribution in [0.2, 0.25) is 0 Å². The number of nitrogens with one attached hydrogen (secondary N) is 1. The van der Waals surface area contributed by atoms with Gasteiger partial charge < -0.3 is 10.1 Å². The number of ether oxygens (including phenoxy) is 1. The van der Waals surface area contributed by atoms with Crippen molar-refractivity contribution >= 4 is 33.4 Å². The zero-order chi connectivity index (χ0) is 19.3. The standard InChI is InChI=1S/C14H17N5O5S2/c1-9(16-13(21)24-8-10-6-4-3-5-7-10)11(20)17-12-19(2)18-14(25-12)26(15,22)23/h3-7,9H,8H2,1-2H3,(H,16,21)(H2,15,22,23)/t9-/m0/s1. The number of alkyl carbamates (subject to hydrolysis) is 1. The van der Waals surface area contributed by atoms with Gasteiger partial charge in [-0.2, -0.15) is 4.99 Å². The highest BCUT2D eigenvalue weighted by Crippen LogP contribution is 2.04. The van der Waals surface area contributed by atoms with Gasteiger partial charge in [0.2, 0.25) is 9.14 Å². The van der Waals surface area contributed by atoms with Crippen molar-refractivity contribution in [3.63, 3.8) is 0 Å². The Bertz CT molecular complexity index is 965. The lowest BCUT2D eigenvalue weighted by Gasteiger charge is -2.10. The molecule has 2 rings (SSSR count). The van der Waals surface area contributed by atoms with Crippen molar-refractivity contribution in [1.29, 1.82) is 0 Å². The summed E-state index contributed by atoms with van der Waals surface area (Å²) in [5, 5.41) is 11.0. The second-order valence-electron chi connectivity index (χ2n) is 5.20. The molecule has 12 heteroatoms. The molecule has 1 atom stereocenters. The Morgan fingerprint density at radius 2 is 2.04 bits per heavy atom. The Labute approximate surface area is 153 Å². The third kappa shape index (κ3) is 5.47. The molecule has 0 unspecified atom stereocenters. The maximum absolute atomic E-state index is 12.1. The van der Waals surface area contributed by atoms with Crippen LogP contribution in [0.25, 0.3) is 0 Å². The average molecular weight is 399 g/mol. The van der Waals surface area contributed by atoms with E-state index < -0.39 is 28.1 Å². The van der Waals surface area contributed by atoms with Crippen molar-refractivity contribution in [3.05, 3.63) is 40.7 Å². The summed E-state index contributed by atoms with van der Waals surface area (Å²) >= 11 is 0.646. The van der Waals surface area contributed by atoms with Crippen molar-refractivity contribution in [2.24, 2.45) is 17.2 Å². The number of nitrogens with zero attached hydrogens (tertiary/aromatic N) is 3. The van der Waals surface area contributed by atoms with Gasteiger partial charge in [0.1, 0.15) is 12.6 Å². The molecule has 2 aromatic rings. The fourth-order valence-electron chi connectivity index (χ4n) is 1.73. The minimum absolute atomic E-state index is 0.0327. The van der Waals surface area contributed by atoms with Crippen LogP contribution in [0.3, 0.4) is 0 Å². The molecule has 0 radical (unpaired) electrons. The first-order chi connectivity index (χ1) is 12.2. The zero-order valence-corrected chi connectivity index (χ0v) is 15.6. The number of primary sulfonamides is 1. The first kappa shape index (κ1) is 19.8. The van der Waals surface area contributed by atoms with Gasteiger partial charge in [-0.15, -0.1) is 5.10 Å². The summed E-state index contributed by atoms with van der Waals surface area (Å²) in [7, 11) is -2.57. The Hall–Kier alpha value is -2.57. The van der Waals surface area contributed by atoms with Gasteiger partial charge in [-0.3, -0.25) is 4.79 Å². The summed E-state index contributed by atoms with van der Waals surface area (Å²) in [6.45, 7) is 1.49. The molecule has 1 heterocycles. The van der Waals surface area contributed by atoms with E-state index in [0.717, 1.165) is 10.2 Å². The quantitative estimate of drug-likeness (QED) is 0.716. The lowest BCUT2D eigenvalue weighted by Crippen LogP contribution is -2.38. The molecule has 0 saturated heterocycles. The number of nitrogens with two attached hydrogens (primary N) is 1. The number of aryl methyl sites for hydroxylation is 1. The predicted molar refractivity (Wildman–Crippen MR) is 92.3 cm³/mol. The van der Waals surface area contributed by atoms with E-state index in [1.165, 1.54) is 14.0 Å². The number of hydrogen-bond donors (Lipinski definition) is 2. The number of benzene rings is 1. The monoisotopic (exact) mass is 399 g/mol. The maximum atomic E-state index is 12.1. The molecule has 0 aliphatic rings. The van der Waals surface area contributed by atoms with Gasteiger partial charge in [0.15, 0.2) is 0 Å². The van der Waals surface area contributed by atoms with E-state index in [2.05, 4.69) is 15.4 Å². The molecule has 0 fully saturated rings. The summed E-state index contributed by atoms with van der Waals surface area (Å²) in [5.41, 5.74) is 0.804. The summed E-state index contributed by atoms with van der Waals surface area (Å²) < 4.78 is 28.3. The van der Waals surface area contributed by atoms with Crippen LogP contribution in [0.1, 0.15) is 12.5 Å². The van der Waals surface area contributed by atoms with Gasteiger partial charge in [-0.25, -0.2) is 23.0 Å². The summed E-state index contributed by atoms with van der Waals surface area (Å²) in [6, 6.07) is 8.08. The van der Waals surface area contributed by atoms with E-state index in [1.54, 1.807) is 12.1 Å². The Morgan fingerprint density at radius 3 is 2.62 bits per heavy atom. The number of hydrogen-bond acceptors (Lipinski definition) is 7. The molecule has 140 valence electrons. The summed E-state index contributed by atoms with van der Waals surface area (Å²) in [6.07, 6.45) is -0.774. The van der Waals surface area contributed by atoms with Crippen LogP contribution in [0.15, 0.2) is 39.7 Å². The molecule has 0 bridgehead atoms. The second-order valence-corrected chi connectivity index (χ2v) is 7.89. The van der Waals surface area contributed by atoms with Gasteiger partial charge >= 0.3 is 6.09 Å². The summed E-state index contributed by atoms with van der Waals surface area (Å²) in [4.78, 5) is 27.6. The molecule has 0 saturated carbocycles. The Morgan fingerprint density at radius 1 is 1.38 bits per heavy atom. The molecule has 0 aliphatic heterocycles. The lowest BCUT2D eigenvalue weighted by atomic mass is 10.2. The van der Waals surface area contributed by atoms with E-state index in [0.29, 0.717) is 11.3 Å². The van der Waals surface area contributed by atoms with Crippen molar-refractivity contribution in [2.45, 2.75) is 23.9 Å². The molecule has 26 heavy (non-hydrogen) atoms. The van der Waals surface area contributed by atoms with E-state index in [1.807, 2.05) is 18.2 Å². The van der Waals surface area contributed by atoms with E-state index >= 15 is 0 Å². The van der Waals surface area contributed by atoms with Crippen LogP contribution in [-0.4, -0.2) is 36.2 Å². The first-order valence-corrected chi connectivity index (χ1v) is 9.66. The SMILES string of the molecule is C[C@H](NC(=O)OCc1ccccc1)C(=O)N=c1sc(S(N)(=O)=O)nn1C. The maximum Gasteiger partial charge on any atom is 0.408 e. The molecule has 3 N–H and O–H groups in total. The van der Waals surface area contributed by atoms with Gasteiger partial charge in [-0.1, -0.05) is 41.7 Å². The second kappa shape index (κ2) is 8.21. The predicted octanol–water partition coefficient (Wildman–Crippen LogP) is -0.129. The number of sulfonamides is 1. The van der Waals surface area contributed by atoms with Crippen LogP contribution in [0, 0.1) is 0 Å². The lowest BCUT2D eigenvalue weighted by molar-refractivity contribution is -0.119. The molecule has 0 spiro atoms. The normalized spacial score (nSPS) is 13.3. The summed E-state index contributed by atoms with van der Waals surface area (Å²) in [5.74, 6) is -0.693. The Balaban J connectivity index is 1.99. The van der Waals surface area contributed by atoms with Crippen molar-refractivity contribution in [2.75, 3.05) is 0 Å². The Kier molecular flexibility index (Phi) is 6.23. The molecular formula is C14H17N5O5S2. The minimum atomic E-state index is -3.99. The smallest absolute Gasteiger partial charge is 0.408 e. The average Bonchev–Trinajstić information content (AvgIpc) is 2.95. The van der Waals surface area contributed by atoms with E-state index in [-0.39, 0.29) is 15.7 Å². The largest absolute Gasteiger partial charge is 0.445 e. The van der Waals surface area contributed by atoms with Crippen LogP contribution >= 0.6 is 11.3 Å². The third-order valence-corrected chi connectivity index (χ3v) is 5.36. The number of amides is 2. The number of rotatable bonds is 5.